The predicted molar refractivity (Wildman–Crippen MR) is 47.5 cm³/mol. The molecule has 2 aromatic rings. The average molecular weight is 196 g/mol. The van der Waals surface area contributed by atoms with Gasteiger partial charge >= 0.3 is 0 Å². The number of aromatic amines is 1. The smallest absolute Gasteiger partial charge is 0.238 e. The van der Waals surface area contributed by atoms with E-state index < -0.39 is 0 Å². The number of hydrogen-bond acceptors (Lipinski definition) is 4. The van der Waals surface area contributed by atoms with E-state index in [9.17, 15) is 0 Å². The van der Waals surface area contributed by atoms with Crippen LogP contribution in [0.3, 0.4) is 0 Å². The Hall–Kier alpha value is -1.50. The van der Waals surface area contributed by atoms with Gasteiger partial charge < -0.3 is 4.57 Å². The molecule has 2 heterocycles. The van der Waals surface area contributed by atoms with Crippen molar-refractivity contribution in [2.45, 2.75) is 6.54 Å². The van der Waals surface area contributed by atoms with Crippen molar-refractivity contribution in [3.8, 4) is 0 Å². The van der Waals surface area contributed by atoms with Gasteiger partial charge in [-0.25, -0.2) is 9.67 Å². The minimum absolute atomic E-state index is 0.446. The lowest BCUT2D eigenvalue weighted by atomic mass is 10.5. The number of nitrogens with one attached hydrogen (secondary N) is 1. The first-order chi connectivity index (χ1) is 6.27. The fourth-order valence-electron chi connectivity index (χ4n) is 1.02. The molecule has 6 nitrogen and oxygen atoms in total. The van der Waals surface area contributed by atoms with E-state index in [2.05, 4.69) is 20.5 Å². The molecule has 1 N–H and O–H groups in total. The molecule has 0 aliphatic rings. The number of aromatic nitrogens is 6. The first-order valence-electron chi connectivity index (χ1n) is 3.70. The van der Waals surface area contributed by atoms with E-state index in [1.54, 1.807) is 17.2 Å². The summed E-state index contributed by atoms with van der Waals surface area (Å²) < 4.78 is 4.04. The summed E-state index contributed by atoms with van der Waals surface area (Å²) in [6.07, 6.45) is 3.52. The molecule has 7 heteroatoms. The van der Waals surface area contributed by atoms with E-state index in [0.717, 1.165) is 5.69 Å². The van der Waals surface area contributed by atoms with Crippen molar-refractivity contribution in [2.24, 2.45) is 7.05 Å². The summed E-state index contributed by atoms with van der Waals surface area (Å²) in [5, 5.41) is 9.94. The fraction of sp³-hybridized carbons (Fsp3) is 0.333. The zero-order valence-corrected chi connectivity index (χ0v) is 7.82. The number of imidazole rings is 1. The average Bonchev–Trinajstić information content (AvgIpc) is 2.65. The van der Waals surface area contributed by atoms with Crippen LogP contribution in [0.4, 0.5) is 0 Å². The van der Waals surface area contributed by atoms with Gasteiger partial charge in [0.25, 0.3) is 0 Å². The van der Waals surface area contributed by atoms with E-state index in [4.69, 9.17) is 12.2 Å². The Morgan fingerprint density at radius 1 is 1.62 bits per heavy atom. The zero-order chi connectivity index (χ0) is 9.26. The number of rotatable bonds is 2. The predicted octanol–water partition coefficient (Wildman–Crippen LogP) is 0.117. The third-order valence-corrected chi connectivity index (χ3v) is 2.07. The lowest BCUT2D eigenvalue weighted by molar-refractivity contribution is 0.614. The molecule has 0 radical (unpaired) electrons. The van der Waals surface area contributed by atoms with Gasteiger partial charge in [0, 0.05) is 7.05 Å². The van der Waals surface area contributed by atoms with E-state index >= 15 is 0 Å². The van der Waals surface area contributed by atoms with Crippen molar-refractivity contribution in [3.63, 3.8) is 0 Å². The number of hydrogen-bond donors (Lipinski definition) is 1. The summed E-state index contributed by atoms with van der Waals surface area (Å²) in [4.78, 5) is 3.99. The minimum Gasteiger partial charge on any atom is -0.336 e. The van der Waals surface area contributed by atoms with Gasteiger partial charge in [-0.15, -0.1) is 0 Å². The largest absolute Gasteiger partial charge is 0.336 e. The van der Waals surface area contributed by atoms with Crippen LogP contribution in [0.2, 0.25) is 0 Å². The first-order valence-corrected chi connectivity index (χ1v) is 4.11. The van der Waals surface area contributed by atoms with E-state index in [-0.39, 0.29) is 0 Å². The van der Waals surface area contributed by atoms with Crippen LogP contribution in [-0.4, -0.2) is 29.8 Å². The first kappa shape index (κ1) is 8.11. The molecule has 0 spiro atoms. The van der Waals surface area contributed by atoms with Gasteiger partial charge in [-0.3, -0.25) is 0 Å². The zero-order valence-electron chi connectivity index (χ0n) is 7.01. The van der Waals surface area contributed by atoms with Gasteiger partial charge in [-0.2, -0.15) is 5.21 Å². The van der Waals surface area contributed by atoms with Gasteiger partial charge in [0.1, 0.15) is 0 Å². The van der Waals surface area contributed by atoms with Crippen LogP contribution in [0.1, 0.15) is 5.69 Å². The molecule has 0 bridgehead atoms. The number of tetrazole rings is 1. The second kappa shape index (κ2) is 3.09. The molecule has 68 valence electrons. The maximum absolute atomic E-state index is 4.93. The molecule has 13 heavy (non-hydrogen) atoms. The van der Waals surface area contributed by atoms with Crippen molar-refractivity contribution in [1.82, 2.24) is 29.8 Å². The maximum atomic E-state index is 4.93. The normalized spacial score (nSPS) is 10.5. The van der Waals surface area contributed by atoms with Crippen LogP contribution in [0.15, 0.2) is 12.5 Å². The Labute approximate surface area is 79.2 Å². The molecule has 2 rings (SSSR count). The van der Waals surface area contributed by atoms with Crippen molar-refractivity contribution in [2.75, 3.05) is 0 Å². The second-order valence-corrected chi connectivity index (χ2v) is 3.03. The number of aryl methyl sites for hydroxylation is 1. The molecule has 2 aromatic heterocycles. The summed E-state index contributed by atoms with van der Waals surface area (Å²) in [6, 6.07) is 0. The van der Waals surface area contributed by atoms with Gasteiger partial charge in [-0.05, 0) is 12.2 Å². The van der Waals surface area contributed by atoms with Crippen LogP contribution in [0.5, 0.6) is 0 Å². The highest BCUT2D eigenvalue weighted by molar-refractivity contribution is 7.71. The topological polar surface area (TPSA) is 64.3 Å². The SMILES string of the molecule is Cn1cncc1Cn1[nH]nnc1=S. The fourth-order valence-corrected chi connectivity index (χ4v) is 1.16. The summed E-state index contributed by atoms with van der Waals surface area (Å²) in [5.41, 5.74) is 1.04. The standard InChI is InChI=1S/C6H8N6S/c1-11-4-7-2-5(11)3-12-6(13)8-9-10-12/h2,4H,3H2,1H3,(H,8,10,13). The Kier molecular flexibility index (Phi) is 1.93. The van der Waals surface area contributed by atoms with Gasteiger partial charge in [0.2, 0.25) is 4.77 Å². The highest BCUT2D eigenvalue weighted by atomic mass is 32.1. The molecule has 0 aliphatic carbocycles. The van der Waals surface area contributed by atoms with E-state index in [0.29, 0.717) is 11.3 Å². The van der Waals surface area contributed by atoms with Crippen LogP contribution < -0.4 is 0 Å². The molecular weight excluding hydrogens is 188 g/mol. The molecule has 0 fully saturated rings. The van der Waals surface area contributed by atoms with Gasteiger partial charge in [0.15, 0.2) is 0 Å². The van der Waals surface area contributed by atoms with Crippen LogP contribution in [-0.2, 0) is 13.6 Å². The number of H-pyrrole nitrogens is 1. The van der Waals surface area contributed by atoms with E-state index in [1.165, 1.54) is 0 Å². The Bertz CT molecular complexity index is 451. The summed E-state index contributed by atoms with van der Waals surface area (Å²) in [7, 11) is 1.93. The Morgan fingerprint density at radius 3 is 3.00 bits per heavy atom. The Balaban J connectivity index is 2.29. The van der Waals surface area contributed by atoms with Crippen LogP contribution in [0.25, 0.3) is 0 Å². The van der Waals surface area contributed by atoms with Crippen LogP contribution in [0, 0.1) is 4.77 Å². The third-order valence-electron chi connectivity index (χ3n) is 1.77. The van der Waals surface area contributed by atoms with Crippen molar-refractivity contribution in [3.05, 3.63) is 23.0 Å². The summed E-state index contributed by atoms with van der Waals surface area (Å²) in [5.74, 6) is 0. The highest BCUT2D eigenvalue weighted by Crippen LogP contribution is 1.98. The van der Waals surface area contributed by atoms with E-state index in [1.807, 2.05) is 11.6 Å². The van der Waals surface area contributed by atoms with Crippen molar-refractivity contribution >= 4 is 12.2 Å². The molecule has 0 aliphatic heterocycles. The molecular formula is C6H8N6S. The summed E-state index contributed by atoms with van der Waals surface area (Å²) in [6.45, 7) is 0.613. The monoisotopic (exact) mass is 196 g/mol. The second-order valence-electron chi connectivity index (χ2n) is 2.66. The molecule has 0 aromatic carbocycles. The number of nitrogens with zero attached hydrogens (tertiary/aromatic N) is 5. The summed E-state index contributed by atoms with van der Waals surface area (Å²) >= 11 is 4.93. The highest BCUT2D eigenvalue weighted by Gasteiger charge is 2.00. The quantitative estimate of drug-likeness (QED) is 0.693. The molecule has 0 amide bonds. The minimum atomic E-state index is 0.446. The lowest BCUT2D eigenvalue weighted by Gasteiger charge is -2.00. The van der Waals surface area contributed by atoms with Gasteiger partial charge in [-0.1, -0.05) is 10.3 Å². The third kappa shape index (κ3) is 1.50. The van der Waals surface area contributed by atoms with Gasteiger partial charge in [0.05, 0.1) is 24.8 Å². The Morgan fingerprint density at radius 2 is 2.46 bits per heavy atom. The molecule has 0 saturated carbocycles. The maximum Gasteiger partial charge on any atom is 0.238 e. The molecule has 0 unspecified atom stereocenters. The molecule has 0 atom stereocenters. The van der Waals surface area contributed by atoms with Crippen molar-refractivity contribution in [1.29, 1.82) is 0 Å². The van der Waals surface area contributed by atoms with Crippen LogP contribution >= 0.6 is 12.2 Å². The molecule has 0 saturated heterocycles. The lowest BCUT2D eigenvalue weighted by Crippen LogP contribution is -2.05. The van der Waals surface area contributed by atoms with Crippen molar-refractivity contribution < 1.29 is 0 Å².